The van der Waals surface area contributed by atoms with Gasteiger partial charge in [-0.05, 0) is 51.0 Å². The standard InChI is InChI=1S/C24H30N8O/c1-3-31(4-2)20-13-12-18(21(33)16-20)17-25-30-23-27-22(26-19-10-6-5-7-11-19)28-24(29-23)32-14-8-9-15-32/h5-7,10-13,16-17,33H,3-4,8-9,14-15H2,1-2H3,(H2,26,27,28,29,30). The lowest BCUT2D eigenvalue weighted by Crippen LogP contribution is -2.22. The SMILES string of the molecule is CCN(CC)c1ccc(C=NNc2nc(Nc3ccccc3)nc(N3CCCC3)n2)c(O)c1. The number of nitrogens with zero attached hydrogens (tertiary/aromatic N) is 6. The average molecular weight is 447 g/mol. The Kier molecular flexibility index (Phi) is 7.19. The summed E-state index contributed by atoms with van der Waals surface area (Å²) in [7, 11) is 0. The van der Waals surface area contributed by atoms with Crippen molar-refractivity contribution in [2.45, 2.75) is 26.7 Å². The number of rotatable bonds is 9. The molecule has 0 spiro atoms. The molecule has 4 rings (SSSR count). The van der Waals surface area contributed by atoms with Crippen LogP contribution in [0.5, 0.6) is 5.75 Å². The molecule has 1 saturated heterocycles. The van der Waals surface area contributed by atoms with Gasteiger partial charge in [-0.25, -0.2) is 5.43 Å². The minimum Gasteiger partial charge on any atom is -0.507 e. The molecule has 3 aromatic rings. The molecule has 0 aliphatic carbocycles. The van der Waals surface area contributed by atoms with Gasteiger partial charge in [0.1, 0.15) is 5.75 Å². The first-order chi connectivity index (χ1) is 16.2. The largest absolute Gasteiger partial charge is 0.507 e. The van der Waals surface area contributed by atoms with Crippen molar-refractivity contribution in [3.8, 4) is 5.75 Å². The molecule has 0 radical (unpaired) electrons. The second-order valence-corrected chi connectivity index (χ2v) is 7.75. The Bertz CT molecular complexity index is 1080. The minimum absolute atomic E-state index is 0.171. The van der Waals surface area contributed by atoms with Crippen LogP contribution >= 0.6 is 0 Å². The summed E-state index contributed by atoms with van der Waals surface area (Å²) in [4.78, 5) is 17.9. The third-order valence-corrected chi connectivity index (χ3v) is 5.55. The van der Waals surface area contributed by atoms with Crippen molar-refractivity contribution < 1.29 is 5.11 Å². The van der Waals surface area contributed by atoms with Gasteiger partial charge < -0.3 is 20.2 Å². The van der Waals surface area contributed by atoms with E-state index >= 15 is 0 Å². The van der Waals surface area contributed by atoms with Crippen LogP contribution in [0.25, 0.3) is 0 Å². The van der Waals surface area contributed by atoms with Crippen LogP contribution in [-0.4, -0.2) is 52.5 Å². The van der Waals surface area contributed by atoms with Crippen LogP contribution in [0.4, 0.5) is 29.2 Å². The van der Waals surface area contributed by atoms with E-state index in [-0.39, 0.29) is 5.75 Å². The second-order valence-electron chi connectivity index (χ2n) is 7.75. The highest BCUT2D eigenvalue weighted by Crippen LogP contribution is 2.24. The molecule has 1 fully saturated rings. The summed E-state index contributed by atoms with van der Waals surface area (Å²) >= 11 is 0. The maximum absolute atomic E-state index is 10.4. The molecule has 2 heterocycles. The van der Waals surface area contributed by atoms with E-state index in [2.05, 4.69) is 54.4 Å². The molecule has 1 aliphatic heterocycles. The van der Waals surface area contributed by atoms with Crippen molar-refractivity contribution in [1.29, 1.82) is 0 Å². The Balaban J connectivity index is 1.52. The lowest BCUT2D eigenvalue weighted by Gasteiger charge is -2.21. The first-order valence-electron chi connectivity index (χ1n) is 11.4. The Morgan fingerprint density at radius 2 is 1.73 bits per heavy atom. The zero-order valence-corrected chi connectivity index (χ0v) is 19.1. The number of phenols is 1. The molecule has 3 N–H and O–H groups in total. The normalized spacial score (nSPS) is 13.5. The van der Waals surface area contributed by atoms with Gasteiger partial charge in [0.2, 0.25) is 17.8 Å². The number of hydrogen-bond acceptors (Lipinski definition) is 9. The molecule has 2 aromatic carbocycles. The van der Waals surface area contributed by atoms with Crippen LogP contribution in [0.15, 0.2) is 53.6 Å². The van der Waals surface area contributed by atoms with Gasteiger partial charge in [-0.1, -0.05) is 18.2 Å². The maximum atomic E-state index is 10.4. The topological polar surface area (TPSA) is 102 Å². The van der Waals surface area contributed by atoms with E-state index in [0.717, 1.165) is 50.4 Å². The van der Waals surface area contributed by atoms with Crippen LogP contribution < -0.4 is 20.5 Å². The van der Waals surface area contributed by atoms with E-state index in [4.69, 9.17) is 0 Å². The van der Waals surface area contributed by atoms with Crippen molar-refractivity contribution >= 4 is 35.4 Å². The first kappa shape index (κ1) is 22.3. The number of aromatic nitrogens is 3. The first-order valence-corrected chi connectivity index (χ1v) is 11.4. The third kappa shape index (κ3) is 5.68. The van der Waals surface area contributed by atoms with Crippen molar-refractivity contribution in [1.82, 2.24) is 15.0 Å². The number of nitrogens with one attached hydrogen (secondary N) is 2. The number of phenolic OH excluding ortho intramolecular Hbond substituents is 1. The van der Waals surface area contributed by atoms with Gasteiger partial charge in [0.25, 0.3) is 0 Å². The van der Waals surface area contributed by atoms with Crippen LogP contribution in [0, 0.1) is 0 Å². The van der Waals surface area contributed by atoms with Crippen LogP contribution in [-0.2, 0) is 0 Å². The molecule has 172 valence electrons. The van der Waals surface area contributed by atoms with Crippen LogP contribution in [0.1, 0.15) is 32.3 Å². The fourth-order valence-electron chi connectivity index (χ4n) is 3.77. The van der Waals surface area contributed by atoms with Gasteiger partial charge in [0.05, 0.1) is 6.21 Å². The van der Waals surface area contributed by atoms with E-state index in [9.17, 15) is 5.11 Å². The van der Waals surface area contributed by atoms with Gasteiger partial charge in [-0.15, -0.1) is 0 Å². The Hall–Kier alpha value is -3.88. The monoisotopic (exact) mass is 446 g/mol. The van der Waals surface area contributed by atoms with Gasteiger partial charge in [-0.2, -0.15) is 20.1 Å². The molecule has 1 aromatic heterocycles. The molecular weight excluding hydrogens is 416 g/mol. The Labute approximate surface area is 194 Å². The van der Waals surface area contributed by atoms with Gasteiger partial charge >= 0.3 is 0 Å². The summed E-state index contributed by atoms with van der Waals surface area (Å²) in [5.41, 5.74) is 5.37. The molecule has 0 saturated carbocycles. The van der Waals surface area contributed by atoms with Crippen molar-refractivity contribution in [3.05, 3.63) is 54.1 Å². The highest BCUT2D eigenvalue weighted by atomic mass is 16.3. The summed E-state index contributed by atoms with van der Waals surface area (Å²) in [6, 6.07) is 15.3. The fraction of sp³-hybridized carbons (Fsp3) is 0.333. The Morgan fingerprint density at radius 3 is 2.42 bits per heavy atom. The smallest absolute Gasteiger partial charge is 0.250 e. The summed E-state index contributed by atoms with van der Waals surface area (Å²) in [5.74, 6) is 1.57. The lowest BCUT2D eigenvalue weighted by molar-refractivity contribution is 0.474. The number of benzene rings is 2. The van der Waals surface area contributed by atoms with E-state index in [1.165, 1.54) is 0 Å². The summed E-state index contributed by atoms with van der Waals surface area (Å²) in [5, 5.41) is 17.9. The summed E-state index contributed by atoms with van der Waals surface area (Å²) < 4.78 is 0. The molecule has 0 unspecified atom stereocenters. The highest BCUT2D eigenvalue weighted by molar-refractivity contribution is 5.84. The zero-order chi connectivity index (χ0) is 23.0. The van der Waals surface area contributed by atoms with E-state index in [0.29, 0.717) is 23.4 Å². The molecule has 9 nitrogen and oxygen atoms in total. The van der Waals surface area contributed by atoms with Gasteiger partial charge in [0.15, 0.2) is 0 Å². The highest BCUT2D eigenvalue weighted by Gasteiger charge is 2.17. The predicted octanol–water partition coefficient (Wildman–Crippen LogP) is 4.21. The molecule has 9 heteroatoms. The fourth-order valence-corrected chi connectivity index (χ4v) is 3.77. The van der Waals surface area contributed by atoms with Crippen molar-refractivity contribution in [2.24, 2.45) is 5.10 Å². The third-order valence-electron chi connectivity index (χ3n) is 5.55. The van der Waals surface area contributed by atoms with Gasteiger partial charge in [0, 0.05) is 49.2 Å². The second kappa shape index (κ2) is 10.6. The van der Waals surface area contributed by atoms with Crippen molar-refractivity contribution in [3.63, 3.8) is 0 Å². The summed E-state index contributed by atoms with van der Waals surface area (Å²) in [6.07, 6.45) is 3.80. The summed E-state index contributed by atoms with van der Waals surface area (Å²) in [6.45, 7) is 7.78. The van der Waals surface area contributed by atoms with E-state index in [1.807, 2.05) is 42.5 Å². The number of para-hydroxylation sites is 1. The zero-order valence-electron chi connectivity index (χ0n) is 19.1. The van der Waals surface area contributed by atoms with E-state index in [1.54, 1.807) is 12.3 Å². The molecule has 0 bridgehead atoms. The van der Waals surface area contributed by atoms with E-state index < -0.39 is 0 Å². The minimum atomic E-state index is 0.171. The Morgan fingerprint density at radius 1 is 1.00 bits per heavy atom. The quantitative estimate of drug-likeness (QED) is 0.332. The maximum Gasteiger partial charge on any atom is 0.250 e. The number of hydrazone groups is 1. The van der Waals surface area contributed by atoms with Crippen molar-refractivity contribution in [2.75, 3.05) is 46.7 Å². The molecule has 0 atom stereocenters. The lowest BCUT2D eigenvalue weighted by atomic mass is 10.2. The predicted molar refractivity (Wildman–Crippen MR) is 134 cm³/mol. The number of anilines is 5. The molecule has 33 heavy (non-hydrogen) atoms. The number of aromatic hydroxyl groups is 1. The average Bonchev–Trinajstić information content (AvgIpc) is 3.37. The number of hydrogen-bond donors (Lipinski definition) is 3. The molecule has 1 aliphatic rings. The van der Waals surface area contributed by atoms with Crippen LogP contribution in [0.2, 0.25) is 0 Å². The molecular formula is C24H30N8O. The molecule has 0 amide bonds. The van der Waals surface area contributed by atoms with Crippen LogP contribution in [0.3, 0.4) is 0 Å². The van der Waals surface area contributed by atoms with Gasteiger partial charge in [-0.3, -0.25) is 0 Å².